The number of hydrogen-bond donors (Lipinski definition) is 1. The first kappa shape index (κ1) is 14.9. The van der Waals surface area contributed by atoms with Crippen molar-refractivity contribution < 1.29 is 4.74 Å². The van der Waals surface area contributed by atoms with Crippen LogP contribution in [0.1, 0.15) is 24.5 Å². The summed E-state index contributed by atoms with van der Waals surface area (Å²) in [6.45, 7) is 5.91. The highest BCUT2D eigenvalue weighted by atomic mass is 79.9. The lowest BCUT2D eigenvalue weighted by molar-refractivity contribution is 0.437. The van der Waals surface area contributed by atoms with E-state index in [2.05, 4.69) is 38.1 Å². The zero-order chi connectivity index (χ0) is 14.4. The van der Waals surface area contributed by atoms with Crippen LogP contribution in [0.3, 0.4) is 0 Å². The van der Waals surface area contributed by atoms with Crippen LogP contribution in [0.15, 0.2) is 35.1 Å². The maximum atomic E-state index is 5.68. The van der Waals surface area contributed by atoms with Crippen LogP contribution in [0, 0.1) is 6.92 Å². The van der Waals surface area contributed by atoms with Gasteiger partial charge in [0.15, 0.2) is 0 Å². The molecule has 0 bridgehead atoms. The lowest BCUT2D eigenvalue weighted by Crippen LogP contribution is -2.14. The van der Waals surface area contributed by atoms with Gasteiger partial charge in [0, 0.05) is 29.0 Å². The van der Waals surface area contributed by atoms with Gasteiger partial charge in [-0.1, -0.05) is 22.9 Å². The second-order valence-corrected chi connectivity index (χ2v) is 5.48. The first-order valence-corrected chi connectivity index (χ1v) is 7.44. The van der Waals surface area contributed by atoms with Gasteiger partial charge in [-0.25, -0.2) is 9.97 Å². The maximum absolute atomic E-state index is 5.68. The fraction of sp³-hybridized carbons (Fsp3) is 0.333. The highest BCUT2D eigenvalue weighted by Crippen LogP contribution is 2.25. The first-order valence-electron chi connectivity index (χ1n) is 6.64. The van der Waals surface area contributed by atoms with Crippen molar-refractivity contribution in [1.82, 2.24) is 15.3 Å². The molecule has 2 aromatic rings. The number of hydrogen-bond acceptors (Lipinski definition) is 4. The van der Waals surface area contributed by atoms with Gasteiger partial charge in [-0.05, 0) is 43.7 Å². The van der Waals surface area contributed by atoms with E-state index < -0.39 is 0 Å². The molecule has 2 rings (SSSR count). The van der Waals surface area contributed by atoms with Crippen molar-refractivity contribution >= 4 is 15.9 Å². The molecule has 0 amide bonds. The second-order valence-electron chi connectivity index (χ2n) is 4.56. The molecule has 0 saturated heterocycles. The highest BCUT2D eigenvalue weighted by Gasteiger charge is 2.04. The summed E-state index contributed by atoms with van der Waals surface area (Å²) < 4.78 is 6.71. The second kappa shape index (κ2) is 7.36. The van der Waals surface area contributed by atoms with Gasteiger partial charge in [0.1, 0.15) is 5.75 Å². The number of aryl methyl sites for hydroxylation is 1. The molecule has 0 aliphatic rings. The molecule has 0 atom stereocenters. The molecule has 1 aromatic heterocycles. The fourth-order valence-corrected chi connectivity index (χ4v) is 2.20. The molecule has 0 aliphatic heterocycles. The minimum Gasteiger partial charge on any atom is -0.424 e. The van der Waals surface area contributed by atoms with Gasteiger partial charge in [-0.3, -0.25) is 0 Å². The van der Waals surface area contributed by atoms with Gasteiger partial charge in [0.05, 0.1) is 0 Å². The predicted molar refractivity (Wildman–Crippen MR) is 83.0 cm³/mol. The number of benzene rings is 1. The molecule has 1 heterocycles. The smallest absolute Gasteiger partial charge is 0.321 e. The number of aromatic nitrogens is 2. The Labute approximate surface area is 127 Å². The Morgan fingerprint density at radius 3 is 2.65 bits per heavy atom. The van der Waals surface area contributed by atoms with Crippen molar-refractivity contribution in [3.63, 3.8) is 0 Å². The lowest BCUT2D eigenvalue weighted by Gasteiger charge is -2.08. The summed E-state index contributed by atoms with van der Waals surface area (Å²) in [6.07, 6.45) is 4.70. The molecular weight excluding hydrogens is 318 g/mol. The van der Waals surface area contributed by atoms with E-state index in [0.29, 0.717) is 6.01 Å². The third kappa shape index (κ3) is 4.28. The van der Waals surface area contributed by atoms with E-state index in [9.17, 15) is 0 Å². The van der Waals surface area contributed by atoms with Gasteiger partial charge in [0.25, 0.3) is 0 Å². The average Bonchev–Trinajstić information content (AvgIpc) is 2.44. The normalized spacial score (nSPS) is 10.6. The Bertz CT molecular complexity index is 558. The SMILES string of the molecule is CCCNCc1cnc(Oc2ccc(Br)cc2C)nc1. The average molecular weight is 336 g/mol. The van der Waals surface area contributed by atoms with Crippen LogP contribution in [-0.2, 0) is 6.54 Å². The summed E-state index contributed by atoms with van der Waals surface area (Å²) in [5.41, 5.74) is 2.09. The standard InChI is InChI=1S/C15H18BrN3O/c1-3-6-17-8-12-9-18-15(19-10-12)20-14-5-4-13(16)7-11(14)2/h4-5,7,9-10,17H,3,6,8H2,1-2H3. The quantitative estimate of drug-likeness (QED) is 0.814. The van der Waals surface area contributed by atoms with Crippen LogP contribution in [0.2, 0.25) is 0 Å². The van der Waals surface area contributed by atoms with E-state index in [-0.39, 0.29) is 0 Å². The van der Waals surface area contributed by atoms with Crippen LogP contribution in [0.25, 0.3) is 0 Å². The molecule has 0 unspecified atom stereocenters. The third-order valence-corrected chi connectivity index (χ3v) is 3.27. The van der Waals surface area contributed by atoms with Crippen molar-refractivity contribution in [3.05, 3.63) is 46.2 Å². The molecule has 0 aliphatic carbocycles. The molecule has 5 heteroatoms. The van der Waals surface area contributed by atoms with Crippen molar-refractivity contribution in [3.8, 4) is 11.8 Å². The Morgan fingerprint density at radius 1 is 1.25 bits per heavy atom. The predicted octanol–water partition coefficient (Wildman–Crippen LogP) is 3.84. The van der Waals surface area contributed by atoms with Crippen LogP contribution in [0.5, 0.6) is 11.8 Å². The van der Waals surface area contributed by atoms with E-state index in [4.69, 9.17) is 4.74 Å². The molecule has 0 spiro atoms. The Kier molecular flexibility index (Phi) is 5.49. The van der Waals surface area contributed by atoms with Crippen molar-refractivity contribution in [1.29, 1.82) is 0 Å². The molecule has 4 nitrogen and oxygen atoms in total. The number of ether oxygens (including phenoxy) is 1. The van der Waals surface area contributed by atoms with Crippen LogP contribution in [-0.4, -0.2) is 16.5 Å². The van der Waals surface area contributed by atoms with Crippen molar-refractivity contribution in [2.45, 2.75) is 26.8 Å². The zero-order valence-corrected chi connectivity index (χ0v) is 13.3. The van der Waals surface area contributed by atoms with E-state index >= 15 is 0 Å². The molecule has 106 valence electrons. The van der Waals surface area contributed by atoms with Crippen LogP contribution >= 0.6 is 15.9 Å². The Balaban J connectivity index is 1.99. The van der Waals surface area contributed by atoms with Crippen LogP contribution in [0.4, 0.5) is 0 Å². The van der Waals surface area contributed by atoms with Gasteiger partial charge in [-0.15, -0.1) is 0 Å². The summed E-state index contributed by atoms with van der Waals surface area (Å²) in [5, 5.41) is 3.31. The molecule has 0 saturated carbocycles. The monoisotopic (exact) mass is 335 g/mol. The number of nitrogens with zero attached hydrogens (tertiary/aromatic N) is 2. The molecule has 0 radical (unpaired) electrons. The highest BCUT2D eigenvalue weighted by molar-refractivity contribution is 9.10. The van der Waals surface area contributed by atoms with Gasteiger partial charge in [-0.2, -0.15) is 0 Å². The number of nitrogens with one attached hydrogen (secondary N) is 1. The fourth-order valence-electron chi connectivity index (χ4n) is 1.72. The van der Waals surface area contributed by atoms with Gasteiger partial charge < -0.3 is 10.1 Å². The van der Waals surface area contributed by atoms with Crippen molar-refractivity contribution in [2.24, 2.45) is 0 Å². The Morgan fingerprint density at radius 2 is 2.00 bits per heavy atom. The summed E-state index contributed by atoms with van der Waals surface area (Å²) in [5.74, 6) is 0.769. The summed E-state index contributed by atoms with van der Waals surface area (Å²) >= 11 is 3.43. The van der Waals surface area contributed by atoms with Crippen molar-refractivity contribution in [2.75, 3.05) is 6.54 Å². The Hall–Kier alpha value is -1.46. The topological polar surface area (TPSA) is 47.0 Å². The minimum atomic E-state index is 0.370. The molecule has 20 heavy (non-hydrogen) atoms. The maximum Gasteiger partial charge on any atom is 0.321 e. The summed E-state index contributed by atoms with van der Waals surface area (Å²) in [7, 11) is 0. The minimum absolute atomic E-state index is 0.370. The molecule has 1 N–H and O–H groups in total. The summed E-state index contributed by atoms with van der Waals surface area (Å²) in [6, 6.07) is 6.21. The molecule has 1 aromatic carbocycles. The van der Waals surface area contributed by atoms with E-state index in [0.717, 1.165) is 40.9 Å². The van der Waals surface area contributed by atoms with E-state index in [1.807, 2.05) is 25.1 Å². The van der Waals surface area contributed by atoms with Gasteiger partial charge in [0.2, 0.25) is 0 Å². The number of halogens is 1. The zero-order valence-electron chi connectivity index (χ0n) is 11.7. The third-order valence-electron chi connectivity index (χ3n) is 2.78. The first-order chi connectivity index (χ1) is 9.69. The van der Waals surface area contributed by atoms with E-state index in [1.165, 1.54) is 0 Å². The molecule has 0 fully saturated rings. The molecular formula is C15H18BrN3O. The largest absolute Gasteiger partial charge is 0.424 e. The van der Waals surface area contributed by atoms with Gasteiger partial charge >= 0.3 is 6.01 Å². The lowest BCUT2D eigenvalue weighted by atomic mass is 10.2. The van der Waals surface area contributed by atoms with Crippen LogP contribution < -0.4 is 10.1 Å². The van der Waals surface area contributed by atoms with E-state index in [1.54, 1.807) is 12.4 Å². The number of rotatable bonds is 6. The summed E-state index contributed by atoms with van der Waals surface area (Å²) in [4.78, 5) is 8.46.